The Kier molecular flexibility index (Phi) is 31.2. The Labute approximate surface area is 270 Å². The van der Waals surface area contributed by atoms with E-state index >= 15 is 0 Å². The summed E-state index contributed by atoms with van der Waals surface area (Å²) in [7, 11) is -4.33. The Morgan fingerprint density at radius 3 is 1.75 bits per heavy atom. The Morgan fingerprint density at radius 2 is 1.20 bits per heavy atom. The quantitative estimate of drug-likeness (QED) is 0.0318. The van der Waals surface area contributed by atoms with E-state index in [-0.39, 0.29) is 25.7 Å². The molecule has 3 unspecified atom stereocenters. The first-order valence-corrected chi connectivity index (χ1v) is 19.5. The molecule has 0 aromatic rings. The molecule has 0 aromatic carbocycles. The van der Waals surface area contributed by atoms with Crippen molar-refractivity contribution in [1.82, 2.24) is 5.32 Å². The Bertz CT molecular complexity index is 749. The van der Waals surface area contributed by atoms with Gasteiger partial charge in [0.1, 0.15) is 0 Å². The second-order valence-electron chi connectivity index (χ2n) is 12.1. The number of amides is 1. The molecule has 0 saturated heterocycles. The van der Waals surface area contributed by atoms with Gasteiger partial charge in [0.05, 0.1) is 25.4 Å². The molecule has 0 aliphatic rings. The molecule has 0 radical (unpaired) electrons. The number of phosphoric acid groups is 1. The lowest BCUT2D eigenvalue weighted by atomic mass is 10.1. The van der Waals surface area contributed by atoms with Gasteiger partial charge < -0.3 is 21.1 Å². The maximum absolute atomic E-state index is 12.6. The molecule has 0 saturated carbocycles. The third kappa shape index (κ3) is 29.7. The van der Waals surface area contributed by atoms with E-state index in [1.807, 2.05) is 6.08 Å². The zero-order chi connectivity index (χ0) is 32.6. The highest BCUT2D eigenvalue weighted by Crippen LogP contribution is 2.43. The Hall–Kier alpha value is -1.02. The topological polar surface area (TPSA) is 131 Å². The molecule has 9 heteroatoms. The minimum Gasteiger partial charge on any atom is -0.387 e. The standard InChI is InChI=1S/C35H69N2O6P/c1-3-5-7-9-11-13-14-15-16-17-18-19-21-22-24-26-28-34(38)33(32-43-44(40,41)42-31-30-36)37-35(39)29-27-25-23-20-12-10-8-6-4-2/h19,21,26,28,33-34,38H,3-18,20,22-25,27,29-32,36H2,1-2H3,(H,37,39)(H,40,41)/b21-19+,28-26+. The van der Waals surface area contributed by atoms with Crippen molar-refractivity contribution >= 4 is 13.7 Å². The molecule has 0 bridgehead atoms. The van der Waals surface area contributed by atoms with Crippen LogP contribution in [0, 0.1) is 0 Å². The van der Waals surface area contributed by atoms with E-state index in [2.05, 4.69) is 31.3 Å². The first kappa shape index (κ1) is 43.0. The molecule has 1 amide bonds. The molecular weight excluding hydrogens is 575 g/mol. The molecule has 0 aliphatic heterocycles. The van der Waals surface area contributed by atoms with Crippen LogP contribution in [-0.2, 0) is 18.4 Å². The highest BCUT2D eigenvalue weighted by Gasteiger charge is 2.26. The van der Waals surface area contributed by atoms with Gasteiger partial charge in [-0.25, -0.2) is 4.57 Å². The molecule has 3 atom stereocenters. The fourth-order valence-electron chi connectivity index (χ4n) is 5.03. The van der Waals surface area contributed by atoms with Crippen LogP contribution in [0.3, 0.4) is 0 Å². The lowest BCUT2D eigenvalue weighted by molar-refractivity contribution is -0.123. The lowest BCUT2D eigenvalue weighted by Gasteiger charge is -2.23. The minimum atomic E-state index is -4.33. The average Bonchev–Trinajstić information content (AvgIpc) is 3.01. The maximum Gasteiger partial charge on any atom is 0.472 e. The van der Waals surface area contributed by atoms with Gasteiger partial charge in [-0.3, -0.25) is 13.8 Å². The fraction of sp³-hybridized carbons (Fsp3) is 0.857. The number of allylic oxidation sites excluding steroid dienone is 3. The van der Waals surface area contributed by atoms with Crippen LogP contribution in [0.2, 0.25) is 0 Å². The van der Waals surface area contributed by atoms with Crippen molar-refractivity contribution in [2.75, 3.05) is 19.8 Å². The Morgan fingerprint density at radius 1 is 0.727 bits per heavy atom. The summed E-state index contributed by atoms with van der Waals surface area (Å²) in [6, 6.07) is -0.869. The van der Waals surface area contributed by atoms with Gasteiger partial charge in [0.2, 0.25) is 5.91 Å². The van der Waals surface area contributed by atoms with Gasteiger partial charge >= 0.3 is 7.82 Å². The molecule has 0 aliphatic carbocycles. The molecule has 0 aromatic heterocycles. The number of nitrogens with one attached hydrogen (secondary N) is 1. The monoisotopic (exact) mass is 644 g/mol. The summed E-state index contributed by atoms with van der Waals surface area (Å²) in [4.78, 5) is 22.5. The van der Waals surface area contributed by atoms with E-state index in [1.54, 1.807) is 6.08 Å². The van der Waals surface area contributed by atoms with Crippen molar-refractivity contribution in [3.63, 3.8) is 0 Å². The number of rotatable bonds is 33. The third-order valence-electron chi connectivity index (χ3n) is 7.78. The van der Waals surface area contributed by atoms with Crippen molar-refractivity contribution in [3.05, 3.63) is 24.3 Å². The summed E-state index contributed by atoms with van der Waals surface area (Å²) in [6.07, 6.45) is 33.7. The van der Waals surface area contributed by atoms with Crippen LogP contribution in [0.5, 0.6) is 0 Å². The van der Waals surface area contributed by atoms with E-state index in [4.69, 9.17) is 14.8 Å². The van der Waals surface area contributed by atoms with E-state index in [9.17, 15) is 19.4 Å². The van der Waals surface area contributed by atoms with Gasteiger partial charge in [-0.2, -0.15) is 0 Å². The maximum atomic E-state index is 12.6. The number of phosphoric ester groups is 1. The van der Waals surface area contributed by atoms with Crippen LogP contribution in [0.15, 0.2) is 24.3 Å². The molecule has 8 nitrogen and oxygen atoms in total. The number of hydrogen-bond donors (Lipinski definition) is 4. The highest BCUT2D eigenvalue weighted by molar-refractivity contribution is 7.47. The summed E-state index contributed by atoms with van der Waals surface area (Å²) < 4.78 is 21.9. The third-order valence-corrected chi connectivity index (χ3v) is 8.76. The van der Waals surface area contributed by atoms with E-state index in [0.717, 1.165) is 38.5 Å². The van der Waals surface area contributed by atoms with Gasteiger partial charge in [-0.15, -0.1) is 0 Å². The van der Waals surface area contributed by atoms with Gasteiger partial charge in [-0.05, 0) is 32.1 Å². The van der Waals surface area contributed by atoms with Crippen LogP contribution < -0.4 is 11.1 Å². The van der Waals surface area contributed by atoms with E-state index in [1.165, 1.54) is 103 Å². The number of carbonyl (C=O) groups excluding carboxylic acids is 1. The van der Waals surface area contributed by atoms with Crippen molar-refractivity contribution < 1.29 is 28.4 Å². The average molecular weight is 645 g/mol. The normalized spacial score (nSPS) is 14.8. The van der Waals surface area contributed by atoms with Crippen LogP contribution in [-0.4, -0.2) is 47.8 Å². The van der Waals surface area contributed by atoms with E-state index in [0.29, 0.717) is 6.42 Å². The summed E-state index contributed by atoms with van der Waals surface area (Å²) in [5.74, 6) is -0.209. The molecule has 5 N–H and O–H groups in total. The second-order valence-corrected chi connectivity index (χ2v) is 13.5. The predicted molar refractivity (Wildman–Crippen MR) is 185 cm³/mol. The first-order valence-electron chi connectivity index (χ1n) is 18.0. The number of aliphatic hydroxyl groups is 1. The van der Waals surface area contributed by atoms with Crippen LogP contribution in [0.25, 0.3) is 0 Å². The summed E-state index contributed by atoms with van der Waals surface area (Å²) >= 11 is 0. The highest BCUT2D eigenvalue weighted by atomic mass is 31.2. The number of carbonyl (C=O) groups is 1. The van der Waals surface area contributed by atoms with Crippen LogP contribution in [0.1, 0.15) is 162 Å². The van der Waals surface area contributed by atoms with Crippen molar-refractivity contribution in [1.29, 1.82) is 0 Å². The largest absolute Gasteiger partial charge is 0.472 e. The summed E-state index contributed by atoms with van der Waals surface area (Å²) in [5, 5.41) is 13.5. The van der Waals surface area contributed by atoms with E-state index < -0.39 is 20.0 Å². The zero-order valence-electron chi connectivity index (χ0n) is 28.4. The first-order chi connectivity index (χ1) is 21.4. The second kappa shape index (κ2) is 31.9. The molecule has 260 valence electrons. The van der Waals surface area contributed by atoms with Crippen molar-refractivity contribution in [2.45, 2.75) is 174 Å². The zero-order valence-corrected chi connectivity index (χ0v) is 29.3. The molecular formula is C35H69N2O6P. The predicted octanol–water partition coefficient (Wildman–Crippen LogP) is 9.05. The molecule has 0 spiro atoms. The summed E-state index contributed by atoms with van der Waals surface area (Å²) in [6.45, 7) is 4.07. The number of hydrogen-bond acceptors (Lipinski definition) is 6. The SMILES string of the molecule is CCCCCCCCCCCC/C=C/CC/C=C/C(O)C(COP(=O)(O)OCCN)NC(=O)CCCCCCCCCCC. The van der Waals surface area contributed by atoms with Crippen LogP contribution in [0.4, 0.5) is 0 Å². The van der Waals surface area contributed by atoms with Gasteiger partial charge in [0.25, 0.3) is 0 Å². The minimum absolute atomic E-state index is 0.0753. The van der Waals surface area contributed by atoms with Crippen LogP contribution >= 0.6 is 7.82 Å². The van der Waals surface area contributed by atoms with Gasteiger partial charge in [-0.1, -0.05) is 147 Å². The summed E-state index contributed by atoms with van der Waals surface area (Å²) in [5.41, 5.74) is 5.34. The number of aliphatic hydroxyl groups excluding tert-OH is 1. The smallest absolute Gasteiger partial charge is 0.387 e. The molecule has 0 heterocycles. The number of nitrogens with two attached hydrogens (primary N) is 1. The number of unbranched alkanes of at least 4 members (excludes halogenated alkanes) is 19. The van der Waals surface area contributed by atoms with Gasteiger partial charge in [0, 0.05) is 13.0 Å². The van der Waals surface area contributed by atoms with Gasteiger partial charge in [0.15, 0.2) is 0 Å². The molecule has 44 heavy (non-hydrogen) atoms. The van der Waals surface area contributed by atoms with Crippen molar-refractivity contribution in [3.8, 4) is 0 Å². The van der Waals surface area contributed by atoms with Crippen molar-refractivity contribution in [2.24, 2.45) is 5.73 Å². The lowest BCUT2D eigenvalue weighted by Crippen LogP contribution is -2.45. The molecule has 0 fully saturated rings. The molecule has 0 rings (SSSR count). The fourth-order valence-corrected chi connectivity index (χ4v) is 5.79. The Balaban J connectivity index is 4.38.